The molecule has 1 atom stereocenters. The number of aliphatic hydroxyl groups excluding tert-OH is 1. The largest absolute Gasteiger partial charge is 0.492 e. The fourth-order valence-electron chi connectivity index (χ4n) is 2.59. The first-order valence-electron chi connectivity index (χ1n) is 7.61. The molecule has 0 aromatic heterocycles. The lowest BCUT2D eigenvalue weighted by atomic mass is 10.2. The Morgan fingerprint density at radius 2 is 1.85 bits per heavy atom. The van der Waals surface area contributed by atoms with Crippen LogP contribution in [0.5, 0.6) is 5.75 Å². The lowest BCUT2D eigenvalue weighted by molar-refractivity contribution is 0.106. The minimum absolute atomic E-state index is 0.197. The van der Waals surface area contributed by atoms with E-state index in [1.807, 2.05) is 26.0 Å². The van der Waals surface area contributed by atoms with E-state index in [4.69, 9.17) is 4.74 Å². The summed E-state index contributed by atoms with van der Waals surface area (Å²) < 4.78 is 5.70. The van der Waals surface area contributed by atoms with Gasteiger partial charge in [0, 0.05) is 32.7 Å². The first kappa shape index (κ1) is 15.1. The standard InChI is InChI=1S/C16H26N2O2/c1-3-14(19)13-17-9-11-18(12-10-17)15-7-5-6-8-16(15)20-4-2/h5-8,14,19H,3-4,9-13H2,1-2H3. The number of rotatable bonds is 6. The van der Waals surface area contributed by atoms with Crippen molar-refractivity contribution in [2.75, 3.05) is 44.2 Å². The van der Waals surface area contributed by atoms with E-state index in [0.29, 0.717) is 6.61 Å². The van der Waals surface area contributed by atoms with Gasteiger partial charge in [-0.1, -0.05) is 19.1 Å². The van der Waals surface area contributed by atoms with Crippen molar-refractivity contribution in [1.29, 1.82) is 0 Å². The fraction of sp³-hybridized carbons (Fsp3) is 0.625. The summed E-state index contributed by atoms with van der Waals surface area (Å²) in [5.41, 5.74) is 1.19. The Balaban J connectivity index is 1.93. The molecular formula is C16H26N2O2. The second kappa shape index (κ2) is 7.50. The van der Waals surface area contributed by atoms with Gasteiger partial charge in [-0.2, -0.15) is 0 Å². The molecule has 0 bridgehead atoms. The summed E-state index contributed by atoms with van der Waals surface area (Å²) in [7, 11) is 0. The monoisotopic (exact) mass is 278 g/mol. The molecule has 2 rings (SSSR count). The number of ether oxygens (including phenoxy) is 1. The first-order chi connectivity index (χ1) is 9.74. The van der Waals surface area contributed by atoms with Crippen molar-refractivity contribution < 1.29 is 9.84 Å². The molecule has 1 fully saturated rings. The van der Waals surface area contributed by atoms with Gasteiger partial charge in [-0.3, -0.25) is 4.90 Å². The molecule has 4 heteroatoms. The van der Waals surface area contributed by atoms with Crippen molar-refractivity contribution in [3.8, 4) is 5.75 Å². The molecule has 1 N–H and O–H groups in total. The number of anilines is 1. The SMILES string of the molecule is CCOc1ccccc1N1CCN(CC(O)CC)CC1. The summed E-state index contributed by atoms with van der Waals surface area (Å²) in [5, 5.41) is 9.73. The molecular weight excluding hydrogens is 252 g/mol. The van der Waals surface area contributed by atoms with E-state index in [9.17, 15) is 5.11 Å². The summed E-state index contributed by atoms with van der Waals surface area (Å²) in [6, 6.07) is 8.24. The molecule has 1 aliphatic rings. The van der Waals surface area contributed by atoms with Crippen LogP contribution in [0.1, 0.15) is 20.3 Å². The quantitative estimate of drug-likeness (QED) is 0.863. The molecule has 1 saturated heterocycles. The van der Waals surface area contributed by atoms with Crippen molar-refractivity contribution in [2.45, 2.75) is 26.4 Å². The third-order valence-corrected chi connectivity index (χ3v) is 3.82. The van der Waals surface area contributed by atoms with Gasteiger partial charge in [0.25, 0.3) is 0 Å². The predicted molar refractivity (Wildman–Crippen MR) is 82.6 cm³/mol. The van der Waals surface area contributed by atoms with Crippen molar-refractivity contribution in [2.24, 2.45) is 0 Å². The minimum atomic E-state index is -0.197. The van der Waals surface area contributed by atoms with E-state index < -0.39 is 0 Å². The molecule has 112 valence electrons. The topological polar surface area (TPSA) is 35.9 Å². The Morgan fingerprint density at radius 3 is 2.50 bits per heavy atom. The molecule has 20 heavy (non-hydrogen) atoms. The molecule has 1 aliphatic heterocycles. The van der Waals surface area contributed by atoms with Crippen LogP contribution in [0.2, 0.25) is 0 Å². The number of hydrogen-bond donors (Lipinski definition) is 1. The summed E-state index contributed by atoms with van der Waals surface area (Å²) >= 11 is 0. The normalized spacial score (nSPS) is 18.1. The minimum Gasteiger partial charge on any atom is -0.492 e. The number of benzene rings is 1. The van der Waals surface area contributed by atoms with Gasteiger partial charge in [0.05, 0.1) is 18.4 Å². The summed E-state index contributed by atoms with van der Waals surface area (Å²) in [4.78, 5) is 4.72. The molecule has 1 unspecified atom stereocenters. The van der Waals surface area contributed by atoms with E-state index in [1.165, 1.54) is 5.69 Å². The van der Waals surface area contributed by atoms with Crippen molar-refractivity contribution in [3.05, 3.63) is 24.3 Å². The summed E-state index contributed by atoms with van der Waals surface area (Å²) in [5.74, 6) is 0.969. The van der Waals surface area contributed by atoms with Gasteiger partial charge < -0.3 is 14.7 Å². The molecule has 0 spiro atoms. The van der Waals surface area contributed by atoms with Gasteiger partial charge in [-0.25, -0.2) is 0 Å². The molecule has 1 aromatic rings. The highest BCUT2D eigenvalue weighted by atomic mass is 16.5. The Labute approximate surface area is 122 Å². The van der Waals surface area contributed by atoms with E-state index >= 15 is 0 Å². The summed E-state index contributed by atoms with van der Waals surface area (Å²) in [6.07, 6.45) is 0.630. The second-order valence-electron chi connectivity index (χ2n) is 5.25. The average molecular weight is 278 g/mol. The molecule has 4 nitrogen and oxygen atoms in total. The molecule has 0 aliphatic carbocycles. The van der Waals surface area contributed by atoms with E-state index in [2.05, 4.69) is 21.9 Å². The third kappa shape index (κ3) is 3.87. The highest BCUT2D eigenvalue weighted by molar-refractivity contribution is 5.58. The van der Waals surface area contributed by atoms with E-state index in [1.54, 1.807) is 0 Å². The molecule has 1 aromatic carbocycles. The molecule has 0 saturated carbocycles. The van der Waals surface area contributed by atoms with Crippen LogP contribution in [0.4, 0.5) is 5.69 Å². The molecule has 1 heterocycles. The van der Waals surface area contributed by atoms with Crippen LogP contribution in [0, 0.1) is 0 Å². The van der Waals surface area contributed by atoms with Gasteiger partial charge in [-0.15, -0.1) is 0 Å². The maximum absolute atomic E-state index is 9.73. The van der Waals surface area contributed by atoms with Crippen LogP contribution in [-0.4, -0.2) is 55.4 Å². The lowest BCUT2D eigenvalue weighted by Gasteiger charge is -2.37. The Bertz CT molecular complexity index is 403. The van der Waals surface area contributed by atoms with Crippen LogP contribution in [0.25, 0.3) is 0 Å². The Kier molecular flexibility index (Phi) is 5.68. The van der Waals surface area contributed by atoms with Gasteiger partial charge >= 0.3 is 0 Å². The smallest absolute Gasteiger partial charge is 0.142 e. The van der Waals surface area contributed by atoms with E-state index in [0.717, 1.165) is 44.9 Å². The van der Waals surface area contributed by atoms with Gasteiger partial charge in [0.1, 0.15) is 5.75 Å². The fourth-order valence-corrected chi connectivity index (χ4v) is 2.59. The third-order valence-electron chi connectivity index (χ3n) is 3.82. The van der Waals surface area contributed by atoms with Gasteiger partial charge in [-0.05, 0) is 25.5 Å². The Hall–Kier alpha value is -1.26. The number of para-hydroxylation sites is 2. The van der Waals surface area contributed by atoms with Crippen LogP contribution >= 0.6 is 0 Å². The number of aliphatic hydroxyl groups is 1. The van der Waals surface area contributed by atoms with Crippen LogP contribution < -0.4 is 9.64 Å². The number of nitrogens with zero attached hydrogens (tertiary/aromatic N) is 2. The Morgan fingerprint density at radius 1 is 1.15 bits per heavy atom. The maximum atomic E-state index is 9.73. The zero-order chi connectivity index (χ0) is 14.4. The first-order valence-corrected chi connectivity index (χ1v) is 7.61. The number of β-amino-alcohol motifs (C(OH)–C–C–N with tert-alkyl or cyclic N) is 1. The van der Waals surface area contributed by atoms with Crippen LogP contribution in [-0.2, 0) is 0 Å². The summed E-state index contributed by atoms with van der Waals surface area (Å²) in [6.45, 7) is 9.49. The van der Waals surface area contributed by atoms with Gasteiger partial charge in [0.2, 0.25) is 0 Å². The zero-order valence-corrected chi connectivity index (χ0v) is 12.6. The zero-order valence-electron chi connectivity index (χ0n) is 12.6. The van der Waals surface area contributed by atoms with Crippen LogP contribution in [0.15, 0.2) is 24.3 Å². The van der Waals surface area contributed by atoms with Crippen molar-refractivity contribution >= 4 is 5.69 Å². The second-order valence-corrected chi connectivity index (χ2v) is 5.25. The van der Waals surface area contributed by atoms with Crippen LogP contribution in [0.3, 0.4) is 0 Å². The highest BCUT2D eigenvalue weighted by Gasteiger charge is 2.20. The van der Waals surface area contributed by atoms with E-state index in [-0.39, 0.29) is 6.10 Å². The molecule has 0 radical (unpaired) electrons. The molecule has 0 amide bonds. The lowest BCUT2D eigenvalue weighted by Crippen LogP contribution is -2.48. The van der Waals surface area contributed by atoms with Crippen molar-refractivity contribution in [3.63, 3.8) is 0 Å². The number of piperazine rings is 1. The van der Waals surface area contributed by atoms with Crippen molar-refractivity contribution in [1.82, 2.24) is 4.90 Å². The highest BCUT2D eigenvalue weighted by Crippen LogP contribution is 2.28. The number of hydrogen-bond acceptors (Lipinski definition) is 4. The maximum Gasteiger partial charge on any atom is 0.142 e. The van der Waals surface area contributed by atoms with Gasteiger partial charge in [0.15, 0.2) is 0 Å². The predicted octanol–water partition coefficient (Wildman–Crippen LogP) is 1.98. The average Bonchev–Trinajstić information content (AvgIpc) is 2.49.